The average Bonchev–Trinajstić information content (AvgIpc) is 2.71. The number of aliphatic hydroxyl groups is 1. The van der Waals surface area contributed by atoms with Gasteiger partial charge < -0.3 is 5.11 Å². The summed E-state index contributed by atoms with van der Waals surface area (Å²) in [5, 5.41) is 9.26. The molecular formula is C10H14N2O3S. The minimum Gasteiger partial charge on any atom is -0.395 e. The molecule has 0 aliphatic carbocycles. The number of aromatic amines is 1. The summed E-state index contributed by atoms with van der Waals surface area (Å²) in [5.41, 5.74) is -0.165. The van der Waals surface area contributed by atoms with Gasteiger partial charge in [0.1, 0.15) is 0 Å². The molecule has 1 aliphatic heterocycles. The van der Waals surface area contributed by atoms with Gasteiger partial charge in [-0.25, -0.2) is 4.79 Å². The summed E-state index contributed by atoms with van der Waals surface area (Å²) in [6.45, 7) is 1.82. The van der Waals surface area contributed by atoms with Crippen molar-refractivity contribution in [3.05, 3.63) is 32.6 Å². The van der Waals surface area contributed by atoms with E-state index in [0.29, 0.717) is 5.56 Å². The van der Waals surface area contributed by atoms with Gasteiger partial charge in [-0.3, -0.25) is 14.3 Å². The van der Waals surface area contributed by atoms with E-state index in [9.17, 15) is 9.59 Å². The Balaban J connectivity index is 2.32. The molecule has 16 heavy (non-hydrogen) atoms. The molecule has 1 aromatic heterocycles. The number of rotatable bonds is 2. The van der Waals surface area contributed by atoms with Crippen LogP contribution < -0.4 is 11.2 Å². The Labute approximate surface area is 96.5 Å². The van der Waals surface area contributed by atoms with Gasteiger partial charge in [0.15, 0.2) is 0 Å². The minimum absolute atomic E-state index is 0.0280. The van der Waals surface area contributed by atoms with Crippen molar-refractivity contribution >= 4 is 11.8 Å². The fourth-order valence-electron chi connectivity index (χ4n) is 1.83. The molecule has 0 aromatic carbocycles. The van der Waals surface area contributed by atoms with Crippen molar-refractivity contribution in [1.29, 1.82) is 0 Å². The SMILES string of the molecule is Cc1cn(C2CC[C@H](CO)S2)c(=O)[nH]c1=O. The normalized spacial score (nSPS) is 24.9. The second kappa shape index (κ2) is 4.47. The van der Waals surface area contributed by atoms with Gasteiger partial charge in [-0.15, -0.1) is 11.8 Å². The molecule has 2 atom stereocenters. The maximum absolute atomic E-state index is 11.6. The number of hydrogen-bond donors (Lipinski definition) is 2. The van der Waals surface area contributed by atoms with E-state index in [2.05, 4.69) is 4.98 Å². The van der Waals surface area contributed by atoms with E-state index in [1.807, 2.05) is 0 Å². The van der Waals surface area contributed by atoms with E-state index in [1.165, 1.54) is 0 Å². The summed E-state index contributed by atoms with van der Waals surface area (Å²) in [7, 11) is 0. The highest BCUT2D eigenvalue weighted by Gasteiger charge is 2.26. The summed E-state index contributed by atoms with van der Waals surface area (Å²) >= 11 is 1.58. The maximum Gasteiger partial charge on any atom is 0.329 e. The van der Waals surface area contributed by atoms with Crippen LogP contribution in [0.25, 0.3) is 0 Å². The van der Waals surface area contributed by atoms with Crippen LogP contribution >= 0.6 is 11.8 Å². The number of aliphatic hydroxyl groups excluding tert-OH is 1. The Morgan fingerprint density at radius 3 is 2.94 bits per heavy atom. The van der Waals surface area contributed by atoms with Crippen LogP contribution in [0.2, 0.25) is 0 Å². The predicted octanol–water partition coefficient (Wildman–Crippen LogP) is 0.232. The fraction of sp³-hybridized carbons (Fsp3) is 0.600. The van der Waals surface area contributed by atoms with Crippen LogP contribution in [-0.4, -0.2) is 26.5 Å². The van der Waals surface area contributed by atoms with Gasteiger partial charge in [0.25, 0.3) is 5.56 Å². The number of nitrogens with zero attached hydrogens (tertiary/aromatic N) is 1. The van der Waals surface area contributed by atoms with E-state index in [1.54, 1.807) is 29.4 Å². The van der Waals surface area contributed by atoms with Crippen LogP contribution in [0, 0.1) is 6.92 Å². The molecule has 2 heterocycles. The lowest BCUT2D eigenvalue weighted by Crippen LogP contribution is -2.31. The quantitative estimate of drug-likeness (QED) is 0.778. The molecule has 0 amide bonds. The molecule has 1 aliphatic rings. The molecule has 0 radical (unpaired) electrons. The molecule has 5 nitrogen and oxygen atoms in total. The van der Waals surface area contributed by atoms with Crippen LogP contribution in [0.1, 0.15) is 23.8 Å². The second-order valence-electron chi connectivity index (χ2n) is 3.95. The summed E-state index contributed by atoms with van der Waals surface area (Å²) in [6, 6.07) is 0. The molecule has 1 fully saturated rings. The van der Waals surface area contributed by atoms with E-state index in [-0.39, 0.29) is 28.5 Å². The van der Waals surface area contributed by atoms with E-state index < -0.39 is 0 Å². The summed E-state index contributed by atoms with van der Waals surface area (Å²) in [6.07, 6.45) is 3.34. The number of nitrogens with one attached hydrogen (secondary N) is 1. The molecule has 1 saturated heterocycles. The van der Waals surface area contributed by atoms with Gasteiger partial charge in [0, 0.05) is 17.0 Å². The molecular weight excluding hydrogens is 228 g/mol. The lowest BCUT2D eigenvalue weighted by atomic mass is 10.2. The summed E-state index contributed by atoms with van der Waals surface area (Å²) < 4.78 is 1.55. The molecule has 6 heteroatoms. The van der Waals surface area contributed by atoms with Gasteiger partial charge >= 0.3 is 5.69 Å². The second-order valence-corrected chi connectivity index (χ2v) is 5.43. The molecule has 1 unspecified atom stereocenters. The van der Waals surface area contributed by atoms with E-state index in [4.69, 9.17) is 5.11 Å². The van der Waals surface area contributed by atoms with Crippen molar-refractivity contribution in [1.82, 2.24) is 9.55 Å². The lowest BCUT2D eigenvalue weighted by molar-refractivity contribution is 0.292. The molecule has 0 saturated carbocycles. The first kappa shape index (κ1) is 11.5. The minimum atomic E-state index is -0.369. The maximum atomic E-state index is 11.6. The lowest BCUT2D eigenvalue weighted by Gasteiger charge is -2.13. The number of hydrogen-bond acceptors (Lipinski definition) is 4. The third-order valence-corrected chi connectivity index (χ3v) is 4.29. The number of thioether (sulfide) groups is 1. The summed E-state index contributed by atoms with van der Waals surface area (Å²) in [4.78, 5) is 25.1. The standard InChI is InChI=1S/C10H14N2O3S/c1-6-4-12(10(15)11-9(6)14)8-3-2-7(5-13)16-8/h4,7-8,13H,2-3,5H2,1H3,(H,11,14,15)/t7-,8?/m1/s1. The van der Waals surface area contributed by atoms with Crippen molar-refractivity contribution in [3.63, 3.8) is 0 Å². The van der Waals surface area contributed by atoms with Gasteiger partial charge in [-0.1, -0.05) is 0 Å². The Kier molecular flexibility index (Phi) is 3.20. The Hall–Kier alpha value is -1.01. The Bertz CT molecular complexity index is 494. The van der Waals surface area contributed by atoms with Gasteiger partial charge in [-0.2, -0.15) is 0 Å². The molecule has 88 valence electrons. The van der Waals surface area contributed by atoms with Crippen molar-refractivity contribution in [3.8, 4) is 0 Å². The largest absolute Gasteiger partial charge is 0.395 e. The zero-order chi connectivity index (χ0) is 11.7. The van der Waals surface area contributed by atoms with Crippen LogP contribution in [0.4, 0.5) is 0 Å². The third kappa shape index (κ3) is 2.08. The molecule has 2 N–H and O–H groups in total. The molecule has 2 rings (SSSR count). The van der Waals surface area contributed by atoms with E-state index in [0.717, 1.165) is 12.8 Å². The van der Waals surface area contributed by atoms with Crippen molar-refractivity contribution in [2.45, 2.75) is 30.4 Å². The van der Waals surface area contributed by atoms with Crippen molar-refractivity contribution in [2.75, 3.05) is 6.61 Å². The van der Waals surface area contributed by atoms with Crippen LogP contribution in [0.3, 0.4) is 0 Å². The predicted molar refractivity (Wildman–Crippen MR) is 62.8 cm³/mol. The Morgan fingerprint density at radius 1 is 1.56 bits per heavy atom. The summed E-state index contributed by atoms with van der Waals surface area (Å²) in [5.74, 6) is 0. The molecule has 0 bridgehead atoms. The van der Waals surface area contributed by atoms with Gasteiger partial charge in [-0.05, 0) is 19.8 Å². The van der Waals surface area contributed by atoms with Gasteiger partial charge in [0.05, 0.1) is 12.0 Å². The van der Waals surface area contributed by atoms with E-state index >= 15 is 0 Å². The highest BCUT2D eigenvalue weighted by Crippen LogP contribution is 2.40. The smallest absolute Gasteiger partial charge is 0.329 e. The van der Waals surface area contributed by atoms with Crippen LogP contribution in [0.15, 0.2) is 15.8 Å². The monoisotopic (exact) mass is 242 g/mol. The van der Waals surface area contributed by atoms with Gasteiger partial charge in [0.2, 0.25) is 0 Å². The van der Waals surface area contributed by atoms with Crippen LogP contribution in [0.5, 0.6) is 0 Å². The highest BCUT2D eigenvalue weighted by atomic mass is 32.2. The number of aromatic nitrogens is 2. The average molecular weight is 242 g/mol. The molecule has 1 aromatic rings. The third-order valence-electron chi connectivity index (χ3n) is 2.74. The zero-order valence-electron chi connectivity index (χ0n) is 8.97. The highest BCUT2D eigenvalue weighted by molar-refractivity contribution is 8.00. The van der Waals surface area contributed by atoms with Crippen molar-refractivity contribution < 1.29 is 5.11 Å². The zero-order valence-corrected chi connectivity index (χ0v) is 9.79. The van der Waals surface area contributed by atoms with Crippen LogP contribution in [-0.2, 0) is 0 Å². The fourth-order valence-corrected chi connectivity index (χ4v) is 3.19. The first-order chi connectivity index (χ1) is 7.61. The first-order valence-corrected chi connectivity index (χ1v) is 6.14. The molecule has 0 spiro atoms. The van der Waals surface area contributed by atoms with Crippen molar-refractivity contribution in [2.24, 2.45) is 0 Å². The number of H-pyrrole nitrogens is 1. The number of aryl methyl sites for hydroxylation is 1. The Morgan fingerprint density at radius 2 is 2.31 bits per heavy atom. The topological polar surface area (TPSA) is 75.1 Å². The first-order valence-electron chi connectivity index (χ1n) is 5.20.